The molecular weight excluding hydrogens is 448 g/mol. The van der Waals surface area contributed by atoms with E-state index in [0.717, 1.165) is 0 Å². The van der Waals surface area contributed by atoms with Crippen LogP contribution >= 0.6 is 0 Å². The molecule has 0 radical (unpaired) electrons. The van der Waals surface area contributed by atoms with E-state index in [-0.39, 0.29) is 47.5 Å². The molecule has 5 rings (SSSR count). The molecule has 3 heterocycles. The first kappa shape index (κ1) is 22.3. The molecule has 0 saturated heterocycles. The Balaban J connectivity index is 1.44. The van der Waals surface area contributed by atoms with Gasteiger partial charge in [-0.1, -0.05) is 0 Å². The maximum absolute atomic E-state index is 13.3. The number of aromatic nitrogens is 4. The molecule has 0 bridgehead atoms. The third-order valence-corrected chi connectivity index (χ3v) is 6.41. The number of rotatable bonds is 6. The number of hydrogen-bond donors (Lipinski definition) is 4. The molecule has 0 aromatic carbocycles. The number of carbonyl (C=O) groups is 1. The molecular formula is C22H25F2N7O3. The maximum atomic E-state index is 13.3. The van der Waals surface area contributed by atoms with E-state index in [9.17, 15) is 23.5 Å². The highest BCUT2D eigenvalue weighted by Gasteiger charge is 2.46. The van der Waals surface area contributed by atoms with Gasteiger partial charge in [0.2, 0.25) is 0 Å². The molecule has 0 spiro atoms. The van der Waals surface area contributed by atoms with Crippen molar-refractivity contribution in [2.75, 3.05) is 17.7 Å². The Labute approximate surface area is 193 Å². The smallest absolute Gasteiger partial charge is 0.274 e. The number of anilines is 3. The van der Waals surface area contributed by atoms with Gasteiger partial charge in [0.1, 0.15) is 22.9 Å². The van der Waals surface area contributed by atoms with Crippen LogP contribution in [0.5, 0.6) is 0 Å². The second kappa shape index (κ2) is 8.35. The summed E-state index contributed by atoms with van der Waals surface area (Å²) in [6, 6.07) is 4.13. The Morgan fingerprint density at radius 1 is 1.29 bits per heavy atom. The van der Waals surface area contributed by atoms with Gasteiger partial charge in [-0.2, -0.15) is 9.61 Å². The zero-order valence-electron chi connectivity index (χ0n) is 18.5. The van der Waals surface area contributed by atoms with E-state index >= 15 is 0 Å². The van der Waals surface area contributed by atoms with Gasteiger partial charge in [0, 0.05) is 44.2 Å². The van der Waals surface area contributed by atoms with Crippen LogP contribution in [0.15, 0.2) is 35.4 Å². The minimum Gasteiger partial charge on any atom is -0.393 e. The Kier molecular flexibility index (Phi) is 5.47. The Bertz CT molecular complexity index is 1300. The number of nitrogens with zero attached hydrogens (tertiary/aromatic N) is 4. The number of aliphatic hydroxyl groups excluding tert-OH is 1. The van der Waals surface area contributed by atoms with Crippen molar-refractivity contribution in [3.63, 3.8) is 0 Å². The molecule has 180 valence electrons. The molecule has 2 aliphatic carbocycles. The van der Waals surface area contributed by atoms with Crippen molar-refractivity contribution >= 4 is 28.9 Å². The Morgan fingerprint density at radius 2 is 2.09 bits per heavy atom. The molecule has 10 nitrogen and oxygen atoms in total. The topological polar surface area (TPSA) is 126 Å². The fourth-order valence-electron chi connectivity index (χ4n) is 4.57. The van der Waals surface area contributed by atoms with Crippen LogP contribution < -0.4 is 21.5 Å². The molecule has 0 aliphatic heterocycles. The van der Waals surface area contributed by atoms with E-state index in [0.29, 0.717) is 25.1 Å². The number of nitrogens with one attached hydrogen (secondary N) is 3. The maximum Gasteiger partial charge on any atom is 0.274 e. The molecule has 1 unspecified atom stereocenters. The first-order chi connectivity index (χ1) is 16.2. The lowest BCUT2D eigenvalue weighted by molar-refractivity contribution is -0.104. The van der Waals surface area contributed by atoms with Gasteiger partial charge < -0.3 is 25.6 Å². The van der Waals surface area contributed by atoms with Gasteiger partial charge in [-0.3, -0.25) is 9.59 Å². The van der Waals surface area contributed by atoms with E-state index < -0.39 is 23.6 Å². The number of aliphatic hydroxyl groups is 1. The van der Waals surface area contributed by atoms with Gasteiger partial charge in [0.05, 0.1) is 12.3 Å². The summed E-state index contributed by atoms with van der Waals surface area (Å²) in [6.45, 7) is 0. The minimum absolute atomic E-state index is 0.121. The molecule has 3 aromatic heterocycles. The van der Waals surface area contributed by atoms with Gasteiger partial charge in [-0.15, -0.1) is 0 Å². The molecule has 1 amide bonds. The van der Waals surface area contributed by atoms with Gasteiger partial charge in [0.25, 0.3) is 17.4 Å². The molecule has 3 aromatic rings. The largest absolute Gasteiger partial charge is 0.393 e. The quantitative estimate of drug-likeness (QED) is 0.433. The number of fused-ring (bicyclic) bond motifs is 1. The number of amides is 1. The fourth-order valence-corrected chi connectivity index (χ4v) is 4.57. The molecule has 2 fully saturated rings. The van der Waals surface area contributed by atoms with Crippen LogP contribution in [0.1, 0.15) is 48.5 Å². The van der Waals surface area contributed by atoms with E-state index in [4.69, 9.17) is 0 Å². The highest BCUT2D eigenvalue weighted by molar-refractivity contribution is 6.00. The molecule has 34 heavy (non-hydrogen) atoms. The summed E-state index contributed by atoms with van der Waals surface area (Å²) in [6.07, 6.45) is 3.61. The lowest BCUT2D eigenvalue weighted by Crippen LogP contribution is -2.41. The lowest BCUT2D eigenvalue weighted by atomic mass is 9.88. The summed E-state index contributed by atoms with van der Waals surface area (Å²) in [5.74, 6) is -2.28. The highest BCUT2D eigenvalue weighted by atomic mass is 19.3. The van der Waals surface area contributed by atoms with Crippen molar-refractivity contribution in [3.8, 4) is 0 Å². The van der Waals surface area contributed by atoms with E-state index in [1.54, 1.807) is 25.2 Å². The lowest BCUT2D eigenvalue weighted by Gasteiger charge is -2.36. The summed E-state index contributed by atoms with van der Waals surface area (Å²) in [5, 5.41) is 22.8. The van der Waals surface area contributed by atoms with Gasteiger partial charge in [-0.25, -0.2) is 13.8 Å². The third kappa shape index (κ3) is 4.09. The third-order valence-electron chi connectivity index (χ3n) is 6.41. The van der Waals surface area contributed by atoms with E-state index in [2.05, 4.69) is 26.0 Å². The van der Waals surface area contributed by atoms with Crippen LogP contribution in [-0.4, -0.2) is 55.3 Å². The van der Waals surface area contributed by atoms with Crippen molar-refractivity contribution in [2.24, 2.45) is 0 Å². The Hall–Kier alpha value is -3.54. The fraction of sp³-hybridized carbons (Fsp3) is 0.455. The molecule has 2 aliphatic rings. The normalized spacial score (nSPS) is 21.9. The summed E-state index contributed by atoms with van der Waals surface area (Å²) < 4.78 is 29.4. The highest BCUT2D eigenvalue weighted by Crippen LogP contribution is 2.44. The van der Waals surface area contributed by atoms with Crippen LogP contribution in [0.25, 0.3) is 5.65 Å². The molecule has 2 saturated carbocycles. The average molecular weight is 473 g/mol. The second-order valence-electron chi connectivity index (χ2n) is 8.88. The number of carbonyl (C=O) groups excluding carboxylic acids is 1. The number of alkyl halides is 2. The standard InChI is InChI=1S/C22H25F2N7O3/c1-25-18-8-17(28-16-3-2-6-30(21(16)34)13-9-22(23,24)10-13)29-19-15(11-26-31(18)19)20(33)27-12-4-5-14(32)7-12/h2-3,6,8,11-14,25,32H,4-5,7,9-10H2,1H3,(H,27,33)(H,28,29)/t12?,14-/m1/s1. The van der Waals surface area contributed by atoms with Gasteiger partial charge in [-0.05, 0) is 31.4 Å². The van der Waals surface area contributed by atoms with Crippen molar-refractivity contribution in [1.29, 1.82) is 0 Å². The zero-order chi connectivity index (χ0) is 24.0. The van der Waals surface area contributed by atoms with Crippen molar-refractivity contribution < 1.29 is 18.7 Å². The summed E-state index contributed by atoms with van der Waals surface area (Å²) in [5.41, 5.74) is 0.285. The van der Waals surface area contributed by atoms with Crippen LogP contribution in [0, 0.1) is 0 Å². The Morgan fingerprint density at radius 3 is 2.76 bits per heavy atom. The monoisotopic (exact) mass is 473 g/mol. The number of hydrogen-bond acceptors (Lipinski definition) is 7. The summed E-state index contributed by atoms with van der Waals surface area (Å²) >= 11 is 0. The van der Waals surface area contributed by atoms with Crippen LogP contribution in [0.3, 0.4) is 0 Å². The van der Waals surface area contributed by atoms with Crippen molar-refractivity contribution in [2.45, 2.75) is 56.2 Å². The summed E-state index contributed by atoms with van der Waals surface area (Å²) in [7, 11) is 1.69. The van der Waals surface area contributed by atoms with Gasteiger partial charge >= 0.3 is 0 Å². The number of pyridine rings is 1. The van der Waals surface area contributed by atoms with Crippen LogP contribution in [0.2, 0.25) is 0 Å². The van der Waals surface area contributed by atoms with Crippen molar-refractivity contribution in [1.82, 2.24) is 24.5 Å². The predicted octanol–water partition coefficient (Wildman–Crippen LogP) is 2.29. The predicted molar refractivity (Wildman–Crippen MR) is 121 cm³/mol. The van der Waals surface area contributed by atoms with Gasteiger partial charge in [0.15, 0.2) is 5.65 Å². The average Bonchev–Trinajstić information content (AvgIpc) is 3.39. The molecule has 2 atom stereocenters. The minimum atomic E-state index is -2.74. The van der Waals surface area contributed by atoms with Crippen LogP contribution in [-0.2, 0) is 0 Å². The number of halogens is 2. The first-order valence-electron chi connectivity index (χ1n) is 11.2. The summed E-state index contributed by atoms with van der Waals surface area (Å²) in [4.78, 5) is 30.3. The molecule has 12 heteroatoms. The van der Waals surface area contributed by atoms with Crippen LogP contribution in [0.4, 0.5) is 26.1 Å². The SMILES string of the molecule is CNc1cc(Nc2cccn(C3CC(F)(F)C3)c2=O)nc2c(C(=O)NC3CC[C@@H](O)C3)cnn12. The van der Waals surface area contributed by atoms with E-state index in [1.165, 1.54) is 21.5 Å². The zero-order valence-corrected chi connectivity index (χ0v) is 18.5. The molecule has 4 N–H and O–H groups in total. The first-order valence-corrected chi connectivity index (χ1v) is 11.2. The van der Waals surface area contributed by atoms with Crippen molar-refractivity contribution in [3.05, 3.63) is 46.5 Å². The second-order valence-corrected chi connectivity index (χ2v) is 8.88. The van der Waals surface area contributed by atoms with E-state index in [1.807, 2.05) is 0 Å².